The highest BCUT2D eigenvalue weighted by atomic mass is 35.5. The summed E-state index contributed by atoms with van der Waals surface area (Å²) in [6.45, 7) is 1.15. The Hall–Kier alpha value is -3.97. The van der Waals surface area contributed by atoms with Crippen LogP contribution in [0.25, 0.3) is 16.9 Å². The number of hydrogen-bond acceptors (Lipinski definition) is 4. The number of benzene rings is 3. The first-order valence-corrected chi connectivity index (χ1v) is 10.8. The lowest BCUT2D eigenvalue weighted by molar-refractivity contribution is -0.384. The summed E-state index contributed by atoms with van der Waals surface area (Å²) >= 11 is 6.05. The Kier molecular flexibility index (Phi) is 5.40. The minimum absolute atomic E-state index is 0.000772. The van der Waals surface area contributed by atoms with Crippen LogP contribution in [0.4, 0.5) is 5.69 Å². The van der Waals surface area contributed by atoms with Crippen molar-refractivity contribution in [3.05, 3.63) is 111 Å². The molecule has 0 fully saturated rings. The lowest BCUT2D eigenvalue weighted by Crippen LogP contribution is -2.37. The lowest BCUT2D eigenvalue weighted by atomic mass is 9.99. The van der Waals surface area contributed by atoms with E-state index in [0.717, 1.165) is 12.0 Å². The maximum Gasteiger partial charge on any atom is 0.272 e. The summed E-state index contributed by atoms with van der Waals surface area (Å²) in [4.78, 5) is 26.0. The maximum absolute atomic E-state index is 13.6. The van der Waals surface area contributed by atoms with Crippen LogP contribution in [0.15, 0.2) is 78.9 Å². The topological polar surface area (TPSA) is 81.3 Å². The summed E-state index contributed by atoms with van der Waals surface area (Å²) in [6.07, 6.45) is 0.798. The first kappa shape index (κ1) is 20.9. The largest absolute Gasteiger partial charge is 0.333 e. The van der Waals surface area contributed by atoms with E-state index in [1.165, 1.54) is 17.7 Å². The third-order valence-corrected chi connectivity index (χ3v) is 6.04. The van der Waals surface area contributed by atoms with E-state index in [0.29, 0.717) is 40.8 Å². The fourth-order valence-electron chi connectivity index (χ4n) is 4.04. The average molecular weight is 459 g/mol. The highest BCUT2D eigenvalue weighted by molar-refractivity contribution is 6.30. The third kappa shape index (κ3) is 4.10. The number of hydrogen-bond donors (Lipinski definition) is 0. The second kappa shape index (κ2) is 8.52. The maximum atomic E-state index is 13.6. The van der Waals surface area contributed by atoms with Crippen molar-refractivity contribution >= 4 is 23.2 Å². The van der Waals surface area contributed by atoms with E-state index in [9.17, 15) is 14.9 Å². The molecule has 33 heavy (non-hydrogen) atoms. The van der Waals surface area contributed by atoms with Gasteiger partial charge in [-0.1, -0.05) is 35.9 Å². The molecule has 0 spiro atoms. The van der Waals surface area contributed by atoms with Gasteiger partial charge in [-0.2, -0.15) is 5.10 Å². The number of nitro benzene ring substituents is 1. The highest BCUT2D eigenvalue weighted by Gasteiger charge is 2.26. The predicted molar refractivity (Wildman–Crippen MR) is 126 cm³/mol. The minimum atomic E-state index is -0.445. The van der Waals surface area contributed by atoms with E-state index >= 15 is 0 Å². The molecule has 1 aliphatic heterocycles. The number of carbonyl (C=O) groups excluding carboxylic acids is 1. The molecule has 2 heterocycles. The van der Waals surface area contributed by atoms with Crippen LogP contribution in [0.2, 0.25) is 5.02 Å². The Morgan fingerprint density at radius 1 is 0.970 bits per heavy atom. The summed E-state index contributed by atoms with van der Waals surface area (Å²) in [7, 11) is 0. The van der Waals surface area contributed by atoms with Gasteiger partial charge in [0.2, 0.25) is 0 Å². The molecule has 3 aromatic carbocycles. The molecule has 7 nitrogen and oxygen atoms in total. The lowest BCUT2D eigenvalue weighted by Gasteiger charge is -2.29. The zero-order valence-corrected chi connectivity index (χ0v) is 18.3. The van der Waals surface area contributed by atoms with Gasteiger partial charge in [-0.25, -0.2) is 4.68 Å². The summed E-state index contributed by atoms with van der Waals surface area (Å²) in [5, 5.41) is 16.3. The third-order valence-electron chi connectivity index (χ3n) is 5.79. The number of nitro groups is 1. The van der Waals surface area contributed by atoms with Gasteiger partial charge in [0, 0.05) is 35.8 Å². The molecule has 0 saturated heterocycles. The van der Waals surface area contributed by atoms with Crippen LogP contribution >= 0.6 is 11.6 Å². The Balaban J connectivity index is 1.54. The van der Waals surface area contributed by atoms with Crippen molar-refractivity contribution in [2.45, 2.75) is 13.0 Å². The molecular formula is C25H19ClN4O3. The van der Waals surface area contributed by atoms with Crippen LogP contribution in [-0.4, -0.2) is 32.1 Å². The number of rotatable bonds is 4. The average Bonchev–Trinajstić information content (AvgIpc) is 3.29. The molecule has 1 amide bonds. The minimum Gasteiger partial charge on any atom is -0.333 e. The number of fused-ring (bicyclic) bond motifs is 1. The van der Waals surface area contributed by atoms with Gasteiger partial charge >= 0.3 is 0 Å². The van der Waals surface area contributed by atoms with Crippen molar-refractivity contribution in [2.24, 2.45) is 0 Å². The van der Waals surface area contributed by atoms with Gasteiger partial charge in [-0.05, 0) is 60.0 Å². The number of carbonyl (C=O) groups is 1. The van der Waals surface area contributed by atoms with Crippen LogP contribution in [0.3, 0.4) is 0 Å². The Bertz CT molecular complexity index is 1350. The number of nitrogens with zero attached hydrogens (tertiary/aromatic N) is 4. The van der Waals surface area contributed by atoms with Gasteiger partial charge < -0.3 is 4.90 Å². The summed E-state index contributed by atoms with van der Waals surface area (Å²) in [6, 6.07) is 23.1. The molecule has 0 saturated carbocycles. The first-order valence-electron chi connectivity index (χ1n) is 10.5. The van der Waals surface area contributed by atoms with E-state index in [-0.39, 0.29) is 11.6 Å². The smallest absolute Gasteiger partial charge is 0.272 e. The van der Waals surface area contributed by atoms with Crippen LogP contribution in [-0.2, 0) is 13.0 Å². The zero-order valence-electron chi connectivity index (χ0n) is 17.5. The van der Waals surface area contributed by atoms with Gasteiger partial charge in [0.1, 0.15) is 5.69 Å². The van der Waals surface area contributed by atoms with E-state index in [4.69, 9.17) is 11.6 Å². The van der Waals surface area contributed by atoms with Gasteiger partial charge in [0.05, 0.1) is 16.3 Å². The van der Waals surface area contributed by atoms with E-state index in [2.05, 4.69) is 11.2 Å². The number of halogens is 1. The number of non-ortho nitro benzene ring substituents is 1. The van der Waals surface area contributed by atoms with Crippen molar-refractivity contribution in [3.63, 3.8) is 0 Å². The predicted octanol–water partition coefficient (Wildman–Crippen LogP) is 5.30. The quantitative estimate of drug-likeness (QED) is 0.307. The number of aromatic nitrogens is 2. The molecule has 1 aliphatic rings. The van der Waals surface area contributed by atoms with E-state index in [1.54, 1.807) is 47.1 Å². The molecule has 0 aliphatic carbocycles. The van der Waals surface area contributed by atoms with Crippen LogP contribution in [0, 0.1) is 10.1 Å². The SMILES string of the molecule is O=C(c1cc(-c2ccc([N+](=O)[O-])cc2)nn1-c1ccc(Cl)cc1)N1CCc2ccccc2C1. The monoisotopic (exact) mass is 458 g/mol. The standard InChI is InChI=1S/C25H19ClN4O3/c26-20-7-11-21(12-8-20)29-24(15-23(27-29)18-5-9-22(10-6-18)30(32)33)25(31)28-14-13-17-3-1-2-4-19(17)16-28/h1-12,15H,13-14,16H2. The second-order valence-electron chi connectivity index (χ2n) is 7.85. The van der Waals surface area contributed by atoms with Crippen LogP contribution in [0.5, 0.6) is 0 Å². The van der Waals surface area contributed by atoms with Gasteiger partial charge in [0.15, 0.2) is 0 Å². The fraction of sp³-hybridized carbons (Fsp3) is 0.120. The Labute approximate surface area is 195 Å². The second-order valence-corrected chi connectivity index (χ2v) is 8.29. The van der Waals surface area contributed by atoms with Crippen molar-refractivity contribution < 1.29 is 9.72 Å². The van der Waals surface area contributed by atoms with Gasteiger partial charge in [-0.3, -0.25) is 14.9 Å². The molecule has 5 rings (SSSR count). The molecular weight excluding hydrogens is 440 g/mol. The van der Waals surface area contributed by atoms with Crippen molar-refractivity contribution in [1.82, 2.24) is 14.7 Å². The first-order chi connectivity index (χ1) is 16.0. The zero-order chi connectivity index (χ0) is 22.9. The molecule has 8 heteroatoms. The molecule has 0 N–H and O–H groups in total. The van der Waals surface area contributed by atoms with Crippen LogP contribution in [0.1, 0.15) is 21.6 Å². The fourth-order valence-corrected chi connectivity index (χ4v) is 4.16. The molecule has 0 atom stereocenters. The summed E-state index contributed by atoms with van der Waals surface area (Å²) in [5.41, 5.74) is 4.77. The number of amides is 1. The molecule has 0 radical (unpaired) electrons. The van der Waals surface area contributed by atoms with Crippen molar-refractivity contribution in [2.75, 3.05) is 6.54 Å². The molecule has 0 unspecified atom stereocenters. The van der Waals surface area contributed by atoms with E-state index in [1.807, 2.05) is 23.1 Å². The van der Waals surface area contributed by atoms with Crippen molar-refractivity contribution in [3.8, 4) is 16.9 Å². The summed E-state index contributed by atoms with van der Waals surface area (Å²) in [5.74, 6) is -0.125. The van der Waals surface area contributed by atoms with Crippen LogP contribution < -0.4 is 0 Å². The molecule has 4 aromatic rings. The molecule has 164 valence electrons. The van der Waals surface area contributed by atoms with Gasteiger partial charge in [0.25, 0.3) is 11.6 Å². The van der Waals surface area contributed by atoms with E-state index < -0.39 is 4.92 Å². The van der Waals surface area contributed by atoms with Crippen molar-refractivity contribution in [1.29, 1.82) is 0 Å². The summed E-state index contributed by atoms with van der Waals surface area (Å²) < 4.78 is 1.61. The molecule has 0 bridgehead atoms. The normalized spacial score (nSPS) is 12.9. The Morgan fingerprint density at radius 2 is 1.67 bits per heavy atom. The Morgan fingerprint density at radius 3 is 2.36 bits per heavy atom. The highest BCUT2D eigenvalue weighted by Crippen LogP contribution is 2.27. The molecule has 1 aromatic heterocycles. The van der Waals surface area contributed by atoms with Gasteiger partial charge in [-0.15, -0.1) is 0 Å².